The van der Waals surface area contributed by atoms with E-state index >= 15 is 0 Å². The van der Waals surface area contributed by atoms with Crippen LogP contribution in [-0.2, 0) is 4.79 Å². The summed E-state index contributed by atoms with van der Waals surface area (Å²) < 4.78 is 5.30. The van der Waals surface area contributed by atoms with Gasteiger partial charge in [-0.2, -0.15) is 0 Å². The normalized spacial score (nSPS) is 16.9. The molecule has 1 amide bonds. The van der Waals surface area contributed by atoms with Gasteiger partial charge in [0.2, 0.25) is 5.91 Å². The molecule has 1 unspecified atom stereocenters. The first-order chi connectivity index (χ1) is 13.4. The van der Waals surface area contributed by atoms with Crippen molar-refractivity contribution in [2.75, 3.05) is 46.2 Å². The number of likely N-dealkylation sites (N-methyl/N-ethyl adjacent to an activating group) is 1. The van der Waals surface area contributed by atoms with Crippen molar-refractivity contribution < 1.29 is 9.53 Å². The predicted octanol–water partition coefficient (Wildman–Crippen LogP) is 3.41. The zero-order valence-corrected chi connectivity index (χ0v) is 17.2. The molecule has 0 bridgehead atoms. The van der Waals surface area contributed by atoms with Gasteiger partial charge in [0, 0.05) is 47.8 Å². The quantitative estimate of drug-likeness (QED) is 0.830. The van der Waals surface area contributed by atoms with Crippen molar-refractivity contribution in [1.29, 1.82) is 0 Å². The average molecular weight is 383 g/mol. The Morgan fingerprint density at radius 2 is 2.11 bits per heavy atom. The zero-order chi connectivity index (χ0) is 20.1. The molecule has 150 valence electrons. The lowest BCUT2D eigenvalue weighted by molar-refractivity contribution is -0.133. The number of aromatic nitrogens is 1. The molecule has 1 aromatic heterocycles. The number of amides is 1. The zero-order valence-electron chi connectivity index (χ0n) is 17.2. The molecule has 6 heteroatoms. The topological polar surface area (TPSA) is 57.7 Å². The summed E-state index contributed by atoms with van der Waals surface area (Å²) >= 11 is 0. The number of rotatable bonds is 6. The van der Waals surface area contributed by atoms with Gasteiger partial charge in [0.25, 0.3) is 0 Å². The van der Waals surface area contributed by atoms with E-state index in [9.17, 15) is 4.79 Å². The maximum Gasteiger partial charge on any atom is 0.236 e. The first kappa shape index (κ1) is 20.1. The van der Waals surface area contributed by atoms with Crippen LogP contribution in [0.25, 0.3) is 0 Å². The second-order valence-corrected chi connectivity index (χ2v) is 7.70. The lowest BCUT2D eigenvalue weighted by Gasteiger charge is -2.33. The Labute approximate surface area is 167 Å². The number of piperidine rings is 1. The molecule has 0 spiro atoms. The molecule has 1 aromatic carbocycles. The summed E-state index contributed by atoms with van der Waals surface area (Å²) in [5, 5.41) is 3.45. The highest BCUT2D eigenvalue weighted by Gasteiger charge is 2.26. The number of pyridine rings is 1. The number of ether oxygens (including phenoxy) is 1. The molecule has 1 fully saturated rings. The third-order valence-corrected chi connectivity index (χ3v) is 4.98. The van der Waals surface area contributed by atoms with Crippen molar-refractivity contribution >= 4 is 17.3 Å². The third kappa shape index (κ3) is 5.23. The van der Waals surface area contributed by atoms with Gasteiger partial charge in [-0.15, -0.1) is 0 Å². The van der Waals surface area contributed by atoms with Gasteiger partial charge in [0.1, 0.15) is 5.75 Å². The van der Waals surface area contributed by atoms with Crippen molar-refractivity contribution in [3.63, 3.8) is 0 Å². The lowest BCUT2D eigenvalue weighted by Crippen LogP contribution is -2.43. The summed E-state index contributed by atoms with van der Waals surface area (Å²) in [5.74, 6) is 1.28. The first-order valence-corrected chi connectivity index (χ1v) is 9.77. The van der Waals surface area contributed by atoms with E-state index in [2.05, 4.69) is 11.4 Å². The fourth-order valence-electron chi connectivity index (χ4n) is 3.66. The van der Waals surface area contributed by atoms with Gasteiger partial charge in [-0.3, -0.25) is 9.78 Å². The number of methoxy groups -OCH3 is 1. The molecular formula is C22H30N4O2. The minimum absolute atomic E-state index is 0.192. The summed E-state index contributed by atoms with van der Waals surface area (Å²) in [6.45, 7) is 4.04. The van der Waals surface area contributed by atoms with E-state index in [0.29, 0.717) is 6.54 Å². The number of nitrogens with zero attached hydrogens (tertiary/aromatic N) is 3. The van der Waals surface area contributed by atoms with Crippen LogP contribution in [0.5, 0.6) is 5.75 Å². The van der Waals surface area contributed by atoms with Crippen LogP contribution < -0.4 is 10.1 Å². The van der Waals surface area contributed by atoms with Gasteiger partial charge >= 0.3 is 0 Å². The van der Waals surface area contributed by atoms with E-state index in [4.69, 9.17) is 9.72 Å². The number of nitrogens with one attached hydrogen (secondary N) is 1. The number of carbonyl (C=O) groups excluding carboxylic acids is 1. The molecule has 1 aliphatic heterocycles. The molecule has 0 aliphatic carbocycles. The van der Waals surface area contributed by atoms with E-state index in [1.807, 2.05) is 61.2 Å². The molecule has 1 atom stereocenters. The standard InChI is InChI=1S/C22H30N4O2/c1-16-11-19(24-18-8-5-9-20(12-18)28-4)13-21(23-16)17-7-6-10-26(14-17)22(27)15-25(2)3/h5,8-9,11-13,17H,6-7,10,14-15H2,1-4H3,(H,23,24). The number of likely N-dealkylation sites (tertiary alicyclic amines) is 1. The van der Waals surface area contributed by atoms with Crippen LogP contribution in [0.3, 0.4) is 0 Å². The summed E-state index contributed by atoms with van der Waals surface area (Å²) in [5.41, 5.74) is 4.00. The van der Waals surface area contributed by atoms with E-state index < -0.39 is 0 Å². The predicted molar refractivity (Wildman–Crippen MR) is 112 cm³/mol. The minimum atomic E-state index is 0.192. The summed E-state index contributed by atoms with van der Waals surface area (Å²) in [4.78, 5) is 21.1. The number of carbonyl (C=O) groups is 1. The van der Waals surface area contributed by atoms with Crippen LogP contribution >= 0.6 is 0 Å². The molecule has 6 nitrogen and oxygen atoms in total. The average Bonchev–Trinajstić information content (AvgIpc) is 2.67. The molecule has 28 heavy (non-hydrogen) atoms. The Balaban J connectivity index is 1.76. The lowest BCUT2D eigenvalue weighted by atomic mass is 9.93. The highest BCUT2D eigenvalue weighted by molar-refractivity contribution is 5.78. The maximum atomic E-state index is 12.5. The van der Waals surface area contributed by atoms with E-state index in [0.717, 1.165) is 54.4 Å². The van der Waals surface area contributed by atoms with Gasteiger partial charge in [-0.05, 0) is 58.1 Å². The molecule has 3 rings (SSSR count). The fourth-order valence-corrected chi connectivity index (χ4v) is 3.66. The monoisotopic (exact) mass is 382 g/mol. The van der Waals surface area contributed by atoms with E-state index in [1.54, 1.807) is 7.11 Å². The third-order valence-electron chi connectivity index (χ3n) is 4.98. The number of hydrogen-bond donors (Lipinski definition) is 1. The van der Waals surface area contributed by atoms with Crippen molar-refractivity contribution in [2.24, 2.45) is 0 Å². The maximum absolute atomic E-state index is 12.5. The Hall–Kier alpha value is -2.60. The van der Waals surface area contributed by atoms with Crippen molar-refractivity contribution in [1.82, 2.24) is 14.8 Å². The molecule has 1 saturated heterocycles. The number of hydrogen-bond acceptors (Lipinski definition) is 5. The number of benzene rings is 1. The van der Waals surface area contributed by atoms with Crippen molar-refractivity contribution in [2.45, 2.75) is 25.7 Å². The van der Waals surface area contributed by atoms with Crippen LogP contribution in [0.15, 0.2) is 36.4 Å². The SMILES string of the molecule is COc1cccc(Nc2cc(C)nc(C3CCCN(C(=O)CN(C)C)C3)c2)c1. The van der Waals surface area contributed by atoms with Gasteiger partial charge < -0.3 is 19.9 Å². The largest absolute Gasteiger partial charge is 0.497 e. The van der Waals surface area contributed by atoms with Crippen LogP contribution in [-0.4, -0.2) is 61.5 Å². The van der Waals surface area contributed by atoms with E-state index in [-0.39, 0.29) is 11.8 Å². The van der Waals surface area contributed by atoms with Crippen LogP contribution in [0.1, 0.15) is 30.1 Å². The van der Waals surface area contributed by atoms with Crippen LogP contribution in [0, 0.1) is 6.92 Å². The molecule has 2 heterocycles. The van der Waals surface area contributed by atoms with Gasteiger partial charge in [-0.1, -0.05) is 6.07 Å². The molecule has 1 aliphatic rings. The second-order valence-electron chi connectivity index (χ2n) is 7.70. The highest BCUT2D eigenvalue weighted by atomic mass is 16.5. The smallest absolute Gasteiger partial charge is 0.236 e. The summed E-state index contributed by atoms with van der Waals surface area (Å²) in [7, 11) is 5.52. The van der Waals surface area contributed by atoms with Gasteiger partial charge in [0.05, 0.1) is 13.7 Å². The summed E-state index contributed by atoms with van der Waals surface area (Å²) in [6.07, 6.45) is 2.07. The summed E-state index contributed by atoms with van der Waals surface area (Å²) in [6, 6.07) is 12.0. The van der Waals surface area contributed by atoms with E-state index in [1.165, 1.54) is 0 Å². The minimum Gasteiger partial charge on any atom is -0.497 e. The van der Waals surface area contributed by atoms with Crippen molar-refractivity contribution in [3.8, 4) is 5.75 Å². The number of aryl methyl sites for hydroxylation is 1. The second kappa shape index (κ2) is 9.06. The van der Waals surface area contributed by atoms with Gasteiger partial charge in [0.15, 0.2) is 0 Å². The van der Waals surface area contributed by atoms with Crippen LogP contribution in [0.4, 0.5) is 11.4 Å². The van der Waals surface area contributed by atoms with Gasteiger partial charge in [-0.25, -0.2) is 0 Å². The Kier molecular flexibility index (Phi) is 6.52. The fraction of sp³-hybridized carbons (Fsp3) is 0.455. The highest BCUT2D eigenvalue weighted by Crippen LogP contribution is 2.29. The Morgan fingerprint density at radius 3 is 2.86 bits per heavy atom. The molecule has 1 N–H and O–H groups in total. The Bertz CT molecular complexity index is 822. The first-order valence-electron chi connectivity index (χ1n) is 9.77. The van der Waals surface area contributed by atoms with Crippen LogP contribution in [0.2, 0.25) is 0 Å². The van der Waals surface area contributed by atoms with Crippen molar-refractivity contribution in [3.05, 3.63) is 47.8 Å². The Morgan fingerprint density at radius 1 is 1.29 bits per heavy atom. The molecule has 0 radical (unpaired) electrons. The number of anilines is 2. The molecule has 2 aromatic rings. The molecule has 0 saturated carbocycles. The molecular weight excluding hydrogens is 352 g/mol.